The molecule has 5 heteroatoms. The summed E-state index contributed by atoms with van der Waals surface area (Å²) in [5, 5.41) is 11.8. The summed E-state index contributed by atoms with van der Waals surface area (Å²) in [4.78, 5) is 11.7. The Kier molecular flexibility index (Phi) is 4.48. The molecule has 1 aliphatic heterocycles. The average Bonchev–Trinajstić information content (AvgIpc) is 3.25. The average molecular weight is 398 g/mol. The van der Waals surface area contributed by atoms with Crippen LogP contribution in [-0.4, -0.2) is 17.9 Å². The van der Waals surface area contributed by atoms with E-state index in [4.69, 9.17) is 14.2 Å². The van der Waals surface area contributed by atoms with Crippen LogP contribution in [0.3, 0.4) is 0 Å². The van der Waals surface area contributed by atoms with Crippen LogP contribution in [0.25, 0.3) is 21.9 Å². The summed E-state index contributed by atoms with van der Waals surface area (Å²) >= 11 is 0. The second kappa shape index (κ2) is 7.44. The molecule has 0 saturated heterocycles. The maximum Gasteiger partial charge on any atom is 0.339 e. The van der Waals surface area contributed by atoms with Gasteiger partial charge in [-0.05, 0) is 51.7 Å². The van der Waals surface area contributed by atoms with Crippen LogP contribution in [-0.2, 0) is 6.61 Å². The largest absolute Gasteiger partial charge is 0.488 e. The summed E-state index contributed by atoms with van der Waals surface area (Å²) in [6.45, 7) is 0.475. The van der Waals surface area contributed by atoms with Crippen molar-refractivity contribution in [3.05, 3.63) is 90.0 Å². The molecule has 30 heavy (non-hydrogen) atoms. The lowest BCUT2D eigenvalue weighted by molar-refractivity contribution is 0.0692. The normalized spacial score (nSPS) is 12.1. The molecule has 0 amide bonds. The number of carbonyl (C=O) groups is 1. The molecule has 1 N–H and O–H groups in total. The number of rotatable bonds is 5. The van der Waals surface area contributed by atoms with Gasteiger partial charge in [0.25, 0.3) is 0 Å². The highest BCUT2D eigenvalue weighted by Gasteiger charge is 2.17. The van der Waals surface area contributed by atoms with Crippen LogP contribution in [0.1, 0.15) is 15.9 Å². The van der Waals surface area contributed by atoms with Crippen molar-refractivity contribution in [3.63, 3.8) is 0 Å². The zero-order chi connectivity index (χ0) is 20.5. The van der Waals surface area contributed by atoms with Gasteiger partial charge in [-0.3, -0.25) is 0 Å². The van der Waals surface area contributed by atoms with E-state index in [0.29, 0.717) is 17.2 Å². The standard InChI is InChI=1S/C25H18O5/c26-25(27)21-10-8-17(18-9-11-22-24(13-18)30-15-29-22)12-23(21)28-14-19-6-3-5-16-4-1-2-7-20(16)19/h1-13H,14-15H2,(H,26,27). The highest BCUT2D eigenvalue weighted by atomic mass is 16.7. The first-order chi connectivity index (χ1) is 14.7. The topological polar surface area (TPSA) is 65.0 Å². The number of ether oxygens (including phenoxy) is 3. The van der Waals surface area contributed by atoms with Crippen LogP contribution in [0.5, 0.6) is 17.2 Å². The van der Waals surface area contributed by atoms with Crippen molar-refractivity contribution in [1.29, 1.82) is 0 Å². The van der Waals surface area contributed by atoms with E-state index in [9.17, 15) is 9.90 Å². The lowest BCUT2D eigenvalue weighted by Crippen LogP contribution is -2.04. The Morgan fingerprint density at radius 3 is 2.53 bits per heavy atom. The number of fused-ring (bicyclic) bond motifs is 2. The molecular weight excluding hydrogens is 380 g/mol. The molecule has 0 fully saturated rings. The van der Waals surface area contributed by atoms with Crippen LogP contribution in [0.4, 0.5) is 0 Å². The fourth-order valence-corrected chi connectivity index (χ4v) is 3.65. The van der Waals surface area contributed by atoms with Gasteiger partial charge >= 0.3 is 5.97 Å². The summed E-state index contributed by atoms with van der Waals surface area (Å²) in [6.07, 6.45) is 0. The highest BCUT2D eigenvalue weighted by molar-refractivity contribution is 5.92. The van der Waals surface area contributed by atoms with E-state index in [1.165, 1.54) is 0 Å². The molecule has 4 aromatic rings. The lowest BCUT2D eigenvalue weighted by Gasteiger charge is -2.13. The molecule has 0 spiro atoms. The molecule has 0 bridgehead atoms. The van der Waals surface area contributed by atoms with Crippen LogP contribution < -0.4 is 14.2 Å². The highest BCUT2D eigenvalue weighted by Crippen LogP contribution is 2.37. The third-order valence-electron chi connectivity index (χ3n) is 5.18. The smallest absolute Gasteiger partial charge is 0.339 e. The molecule has 4 aromatic carbocycles. The molecule has 0 aliphatic carbocycles. The van der Waals surface area contributed by atoms with Gasteiger partial charge in [-0.2, -0.15) is 0 Å². The molecule has 0 saturated carbocycles. The first kappa shape index (κ1) is 18.1. The van der Waals surface area contributed by atoms with E-state index in [2.05, 4.69) is 0 Å². The zero-order valence-corrected chi connectivity index (χ0v) is 16.0. The summed E-state index contributed by atoms with van der Waals surface area (Å²) in [7, 11) is 0. The maximum absolute atomic E-state index is 11.7. The Labute approximate surface area is 173 Å². The van der Waals surface area contributed by atoms with E-state index < -0.39 is 5.97 Å². The molecule has 0 aromatic heterocycles. The fraction of sp³-hybridized carbons (Fsp3) is 0.0800. The first-order valence-electron chi connectivity index (χ1n) is 9.56. The van der Waals surface area contributed by atoms with Gasteiger partial charge in [-0.25, -0.2) is 4.79 Å². The van der Waals surface area contributed by atoms with Crippen LogP contribution in [0.15, 0.2) is 78.9 Å². The third kappa shape index (κ3) is 3.31. The zero-order valence-electron chi connectivity index (χ0n) is 16.0. The number of benzene rings is 4. The minimum atomic E-state index is -1.03. The summed E-state index contributed by atoms with van der Waals surface area (Å²) < 4.78 is 16.8. The minimum absolute atomic E-state index is 0.125. The summed E-state index contributed by atoms with van der Waals surface area (Å²) in [5.74, 6) is 0.673. The number of carboxylic acid groups (broad SMARTS) is 1. The van der Waals surface area contributed by atoms with Gasteiger partial charge < -0.3 is 19.3 Å². The summed E-state index contributed by atoms with van der Waals surface area (Å²) in [5.41, 5.74) is 2.86. The van der Waals surface area contributed by atoms with Gasteiger partial charge in [-0.1, -0.05) is 54.6 Å². The van der Waals surface area contributed by atoms with Gasteiger partial charge in [0.05, 0.1) is 0 Å². The van der Waals surface area contributed by atoms with Crippen molar-refractivity contribution < 1.29 is 24.1 Å². The molecule has 5 nitrogen and oxygen atoms in total. The number of hydrogen-bond donors (Lipinski definition) is 1. The fourth-order valence-electron chi connectivity index (χ4n) is 3.65. The van der Waals surface area contributed by atoms with Gasteiger partial charge in [0.15, 0.2) is 11.5 Å². The minimum Gasteiger partial charge on any atom is -0.488 e. The van der Waals surface area contributed by atoms with Gasteiger partial charge in [-0.15, -0.1) is 0 Å². The van der Waals surface area contributed by atoms with Gasteiger partial charge in [0.2, 0.25) is 6.79 Å². The van der Waals surface area contributed by atoms with Crippen molar-refractivity contribution in [3.8, 4) is 28.4 Å². The van der Waals surface area contributed by atoms with E-state index in [-0.39, 0.29) is 19.0 Å². The molecule has 0 unspecified atom stereocenters. The van der Waals surface area contributed by atoms with Crippen LogP contribution in [0.2, 0.25) is 0 Å². The quantitative estimate of drug-likeness (QED) is 0.480. The van der Waals surface area contributed by atoms with Gasteiger partial charge in [0.1, 0.15) is 17.9 Å². The third-order valence-corrected chi connectivity index (χ3v) is 5.18. The van der Waals surface area contributed by atoms with Crippen molar-refractivity contribution in [2.45, 2.75) is 6.61 Å². The molecule has 1 heterocycles. The van der Waals surface area contributed by atoms with Crippen molar-refractivity contribution in [1.82, 2.24) is 0 Å². The first-order valence-corrected chi connectivity index (χ1v) is 9.56. The van der Waals surface area contributed by atoms with Crippen LogP contribution in [0, 0.1) is 0 Å². The molecule has 1 aliphatic rings. The Balaban J connectivity index is 1.49. The van der Waals surface area contributed by atoms with Crippen molar-refractivity contribution >= 4 is 16.7 Å². The van der Waals surface area contributed by atoms with E-state index in [1.54, 1.807) is 18.2 Å². The predicted molar refractivity (Wildman–Crippen MR) is 113 cm³/mol. The molecule has 0 atom stereocenters. The van der Waals surface area contributed by atoms with E-state index >= 15 is 0 Å². The van der Waals surface area contributed by atoms with E-state index in [0.717, 1.165) is 27.5 Å². The molecule has 148 valence electrons. The Morgan fingerprint density at radius 1 is 0.867 bits per heavy atom. The second-order valence-corrected chi connectivity index (χ2v) is 7.01. The Hall–Kier alpha value is -3.99. The Morgan fingerprint density at radius 2 is 1.63 bits per heavy atom. The Bertz CT molecular complexity index is 1260. The van der Waals surface area contributed by atoms with Crippen molar-refractivity contribution in [2.75, 3.05) is 6.79 Å². The SMILES string of the molecule is O=C(O)c1ccc(-c2ccc3c(c2)OCO3)cc1OCc1cccc2ccccc12. The maximum atomic E-state index is 11.7. The number of carboxylic acids is 1. The molecule has 0 radical (unpaired) electrons. The molecule has 5 rings (SSSR count). The van der Waals surface area contributed by atoms with E-state index in [1.807, 2.05) is 60.7 Å². The predicted octanol–water partition coefficient (Wildman–Crippen LogP) is 5.51. The van der Waals surface area contributed by atoms with Gasteiger partial charge in [0, 0.05) is 0 Å². The molecular formula is C25H18O5. The van der Waals surface area contributed by atoms with Crippen molar-refractivity contribution in [2.24, 2.45) is 0 Å². The monoisotopic (exact) mass is 398 g/mol. The second-order valence-electron chi connectivity index (χ2n) is 7.01. The summed E-state index contributed by atoms with van der Waals surface area (Å²) in [6, 6.07) is 24.8. The van der Waals surface area contributed by atoms with Crippen LogP contribution >= 0.6 is 0 Å². The number of aromatic carboxylic acids is 1. The lowest BCUT2D eigenvalue weighted by atomic mass is 10.0. The number of hydrogen-bond acceptors (Lipinski definition) is 4.